The van der Waals surface area contributed by atoms with Gasteiger partial charge in [-0.1, -0.05) is 6.07 Å². The SMILES string of the molecule is Nc1cc(-c2ccc3occc3c2)cc(C(F)(F)F)c1. The summed E-state index contributed by atoms with van der Waals surface area (Å²) in [5, 5.41) is 0.832. The normalized spacial score (nSPS) is 11.9. The van der Waals surface area contributed by atoms with Crippen LogP contribution in [0.2, 0.25) is 0 Å². The predicted octanol–water partition coefficient (Wildman–Crippen LogP) is 4.70. The molecule has 0 aliphatic carbocycles. The monoisotopic (exact) mass is 277 g/mol. The van der Waals surface area contributed by atoms with Crippen molar-refractivity contribution in [2.24, 2.45) is 0 Å². The molecular formula is C15H10F3NO. The maximum atomic E-state index is 12.8. The fourth-order valence-electron chi connectivity index (χ4n) is 2.13. The van der Waals surface area contributed by atoms with Crippen LogP contribution in [-0.2, 0) is 6.18 Å². The molecule has 2 nitrogen and oxygen atoms in total. The zero-order valence-electron chi connectivity index (χ0n) is 10.2. The number of hydrogen-bond acceptors (Lipinski definition) is 2. The smallest absolute Gasteiger partial charge is 0.416 e. The average Bonchev–Trinajstić information content (AvgIpc) is 2.84. The molecule has 2 aromatic carbocycles. The molecule has 0 aliphatic heterocycles. The van der Waals surface area contributed by atoms with Crippen LogP contribution in [0.4, 0.5) is 18.9 Å². The fourth-order valence-corrected chi connectivity index (χ4v) is 2.13. The van der Waals surface area contributed by atoms with E-state index in [1.165, 1.54) is 12.3 Å². The van der Waals surface area contributed by atoms with E-state index in [-0.39, 0.29) is 5.69 Å². The van der Waals surface area contributed by atoms with Gasteiger partial charge >= 0.3 is 6.18 Å². The van der Waals surface area contributed by atoms with E-state index in [9.17, 15) is 13.2 Å². The van der Waals surface area contributed by atoms with Crippen molar-refractivity contribution in [3.05, 3.63) is 54.3 Å². The van der Waals surface area contributed by atoms with Gasteiger partial charge in [0.05, 0.1) is 11.8 Å². The third-order valence-corrected chi connectivity index (χ3v) is 3.07. The van der Waals surface area contributed by atoms with Gasteiger partial charge in [0.15, 0.2) is 0 Å². The highest BCUT2D eigenvalue weighted by Crippen LogP contribution is 2.34. The summed E-state index contributed by atoms with van der Waals surface area (Å²) >= 11 is 0. The lowest BCUT2D eigenvalue weighted by molar-refractivity contribution is -0.137. The number of fused-ring (bicyclic) bond motifs is 1. The lowest BCUT2D eigenvalue weighted by atomic mass is 10.0. The van der Waals surface area contributed by atoms with Crippen molar-refractivity contribution in [1.29, 1.82) is 0 Å². The zero-order chi connectivity index (χ0) is 14.3. The second kappa shape index (κ2) is 4.30. The second-order valence-corrected chi connectivity index (χ2v) is 4.51. The Morgan fingerprint density at radius 1 is 0.900 bits per heavy atom. The van der Waals surface area contributed by atoms with Gasteiger partial charge in [0, 0.05) is 11.1 Å². The first kappa shape index (κ1) is 12.6. The van der Waals surface area contributed by atoms with Gasteiger partial charge in [-0.3, -0.25) is 0 Å². The molecule has 0 radical (unpaired) electrons. The van der Waals surface area contributed by atoms with Crippen LogP contribution in [0.1, 0.15) is 5.56 Å². The van der Waals surface area contributed by atoms with E-state index < -0.39 is 11.7 Å². The summed E-state index contributed by atoms with van der Waals surface area (Å²) in [7, 11) is 0. The summed E-state index contributed by atoms with van der Waals surface area (Å²) in [5.41, 5.74) is 6.69. The number of benzene rings is 2. The van der Waals surface area contributed by atoms with Gasteiger partial charge in [-0.15, -0.1) is 0 Å². The number of halogens is 3. The summed E-state index contributed by atoms with van der Waals surface area (Å²) in [5.74, 6) is 0. The Bertz CT molecular complexity index is 774. The number of nitrogens with two attached hydrogens (primary N) is 1. The highest BCUT2D eigenvalue weighted by molar-refractivity contribution is 5.84. The van der Waals surface area contributed by atoms with E-state index in [1.54, 1.807) is 24.3 Å². The first-order valence-corrected chi connectivity index (χ1v) is 5.89. The highest BCUT2D eigenvalue weighted by atomic mass is 19.4. The van der Waals surface area contributed by atoms with Crippen molar-refractivity contribution >= 4 is 16.7 Å². The fraction of sp³-hybridized carbons (Fsp3) is 0.0667. The molecule has 3 rings (SSSR count). The van der Waals surface area contributed by atoms with Gasteiger partial charge in [-0.2, -0.15) is 13.2 Å². The Morgan fingerprint density at radius 2 is 1.70 bits per heavy atom. The van der Waals surface area contributed by atoms with Crippen molar-refractivity contribution in [3.8, 4) is 11.1 Å². The molecule has 1 heterocycles. The summed E-state index contributed by atoms with van der Waals surface area (Å²) in [4.78, 5) is 0. The van der Waals surface area contributed by atoms with Crippen LogP contribution in [-0.4, -0.2) is 0 Å². The van der Waals surface area contributed by atoms with E-state index in [4.69, 9.17) is 10.2 Å². The van der Waals surface area contributed by atoms with Crippen LogP contribution in [0.5, 0.6) is 0 Å². The zero-order valence-corrected chi connectivity index (χ0v) is 10.2. The first-order chi connectivity index (χ1) is 9.43. The van der Waals surface area contributed by atoms with Crippen molar-refractivity contribution in [2.75, 3.05) is 5.73 Å². The molecule has 0 amide bonds. The summed E-state index contributed by atoms with van der Waals surface area (Å²) in [6.45, 7) is 0. The highest BCUT2D eigenvalue weighted by Gasteiger charge is 2.31. The van der Waals surface area contributed by atoms with Gasteiger partial charge in [0.1, 0.15) is 5.58 Å². The molecule has 0 unspecified atom stereocenters. The molecule has 2 N–H and O–H groups in total. The maximum Gasteiger partial charge on any atom is 0.416 e. The van der Waals surface area contributed by atoms with Crippen molar-refractivity contribution < 1.29 is 17.6 Å². The summed E-state index contributed by atoms with van der Waals surface area (Å²) in [6, 6.07) is 10.5. The van der Waals surface area contributed by atoms with E-state index >= 15 is 0 Å². The Balaban J connectivity index is 2.15. The number of anilines is 1. The Labute approximate surface area is 112 Å². The van der Waals surface area contributed by atoms with E-state index in [0.29, 0.717) is 16.7 Å². The van der Waals surface area contributed by atoms with E-state index in [2.05, 4.69) is 0 Å². The maximum absolute atomic E-state index is 12.8. The topological polar surface area (TPSA) is 39.2 Å². The van der Waals surface area contributed by atoms with Gasteiger partial charge in [0.2, 0.25) is 0 Å². The second-order valence-electron chi connectivity index (χ2n) is 4.51. The van der Waals surface area contributed by atoms with Crippen molar-refractivity contribution in [3.63, 3.8) is 0 Å². The summed E-state index contributed by atoms with van der Waals surface area (Å²) < 4.78 is 43.6. The number of rotatable bonds is 1. The molecule has 0 saturated carbocycles. The Hall–Kier alpha value is -2.43. The minimum Gasteiger partial charge on any atom is -0.464 e. The van der Waals surface area contributed by atoms with Gasteiger partial charge in [0.25, 0.3) is 0 Å². The van der Waals surface area contributed by atoms with Crippen LogP contribution in [0.15, 0.2) is 53.1 Å². The minimum absolute atomic E-state index is 0.0853. The molecule has 0 spiro atoms. The quantitative estimate of drug-likeness (QED) is 0.655. The molecule has 1 aromatic heterocycles. The van der Waals surface area contributed by atoms with Gasteiger partial charge in [-0.25, -0.2) is 0 Å². The molecule has 3 aromatic rings. The Kier molecular flexibility index (Phi) is 2.71. The minimum atomic E-state index is -4.41. The van der Waals surface area contributed by atoms with Gasteiger partial charge in [-0.05, 0) is 47.5 Å². The average molecular weight is 277 g/mol. The molecule has 0 bridgehead atoms. The largest absolute Gasteiger partial charge is 0.464 e. The number of alkyl halides is 3. The third kappa shape index (κ3) is 2.22. The molecule has 0 fully saturated rings. The third-order valence-electron chi connectivity index (χ3n) is 3.07. The van der Waals surface area contributed by atoms with Crippen LogP contribution in [0.3, 0.4) is 0 Å². The molecule has 102 valence electrons. The number of furan rings is 1. The number of nitrogen functional groups attached to an aromatic ring is 1. The van der Waals surface area contributed by atoms with Gasteiger partial charge < -0.3 is 10.2 Å². The van der Waals surface area contributed by atoms with Crippen LogP contribution in [0.25, 0.3) is 22.1 Å². The van der Waals surface area contributed by atoms with E-state index in [0.717, 1.165) is 17.5 Å². The van der Waals surface area contributed by atoms with Crippen LogP contribution in [0, 0.1) is 0 Å². The van der Waals surface area contributed by atoms with Crippen LogP contribution < -0.4 is 5.73 Å². The first-order valence-electron chi connectivity index (χ1n) is 5.89. The molecule has 0 aliphatic rings. The molecule has 0 atom stereocenters. The molecule has 5 heteroatoms. The van der Waals surface area contributed by atoms with Crippen molar-refractivity contribution in [1.82, 2.24) is 0 Å². The predicted molar refractivity (Wildman–Crippen MR) is 71.1 cm³/mol. The van der Waals surface area contributed by atoms with Crippen LogP contribution >= 0.6 is 0 Å². The summed E-state index contributed by atoms with van der Waals surface area (Å²) in [6.07, 6.45) is -2.88. The molecule has 0 saturated heterocycles. The lowest BCUT2D eigenvalue weighted by Crippen LogP contribution is -2.06. The van der Waals surface area contributed by atoms with Crippen molar-refractivity contribution in [2.45, 2.75) is 6.18 Å². The molecule has 20 heavy (non-hydrogen) atoms. The standard InChI is InChI=1S/C15H10F3NO/c16-15(17,18)12-6-11(7-13(19)8-12)9-1-2-14-10(5-9)3-4-20-14/h1-8H,19H2. The lowest BCUT2D eigenvalue weighted by Gasteiger charge is -2.10. The van der Waals surface area contributed by atoms with E-state index in [1.807, 2.05) is 0 Å². The Morgan fingerprint density at radius 3 is 2.45 bits per heavy atom. The number of hydrogen-bond donors (Lipinski definition) is 1. The molecular weight excluding hydrogens is 267 g/mol.